The monoisotopic (exact) mass is 256 g/mol. The number of aliphatic carboxylic acids is 1. The first-order valence-electron chi connectivity index (χ1n) is 6.50. The number of carboxylic acid groups (broad SMARTS) is 1. The van der Waals surface area contributed by atoms with E-state index in [0.717, 1.165) is 12.8 Å². The number of hydrogen-bond acceptors (Lipinski definition) is 3. The van der Waals surface area contributed by atoms with Gasteiger partial charge in [-0.2, -0.15) is 0 Å². The average Bonchev–Trinajstić information content (AvgIpc) is 2.74. The molecule has 6 nitrogen and oxygen atoms in total. The molecule has 0 bridgehead atoms. The Morgan fingerprint density at radius 1 is 1.11 bits per heavy atom. The minimum Gasteiger partial charge on any atom is -0.481 e. The van der Waals surface area contributed by atoms with E-state index >= 15 is 0 Å². The van der Waals surface area contributed by atoms with Crippen LogP contribution in [0.3, 0.4) is 0 Å². The van der Waals surface area contributed by atoms with Crippen LogP contribution in [-0.2, 0) is 4.79 Å². The summed E-state index contributed by atoms with van der Waals surface area (Å²) in [6, 6.07) is -0.0540. The van der Waals surface area contributed by atoms with Crippen molar-refractivity contribution in [2.45, 2.75) is 31.8 Å². The topological polar surface area (TPSA) is 81.1 Å². The van der Waals surface area contributed by atoms with Crippen LogP contribution in [0.1, 0.15) is 25.7 Å². The normalized spacial score (nSPS) is 28.5. The van der Waals surface area contributed by atoms with Crippen LogP contribution in [0.2, 0.25) is 0 Å². The lowest BCUT2D eigenvalue weighted by molar-refractivity contribution is -0.138. The van der Waals surface area contributed by atoms with Gasteiger partial charge < -0.3 is 20.0 Å². The van der Waals surface area contributed by atoms with Crippen molar-refractivity contribution in [1.29, 1.82) is 0 Å². The molecular formula is C12H20N2O4. The number of piperidine rings is 1. The number of rotatable bonds is 2. The van der Waals surface area contributed by atoms with Crippen molar-refractivity contribution >= 4 is 12.0 Å². The van der Waals surface area contributed by atoms with E-state index in [9.17, 15) is 14.7 Å². The van der Waals surface area contributed by atoms with Crippen LogP contribution in [0.25, 0.3) is 0 Å². The molecule has 6 heteroatoms. The molecular weight excluding hydrogens is 236 g/mol. The SMILES string of the molecule is O=C(O)CC1CCCN(C(=O)N2CCC(O)C2)C1. The number of likely N-dealkylation sites (tertiary alicyclic amines) is 2. The Hall–Kier alpha value is -1.30. The van der Waals surface area contributed by atoms with Crippen LogP contribution in [0.15, 0.2) is 0 Å². The van der Waals surface area contributed by atoms with Crippen molar-refractivity contribution in [3.05, 3.63) is 0 Å². The van der Waals surface area contributed by atoms with Crippen LogP contribution in [-0.4, -0.2) is 64.3 Å². The van der Waals surface area contributed by atoms with Crippen LogP contribution < -0.4 is 0 Å². The molecule has 0 aromatic carbocycles. The third-order valence-electron chi connectivity index (χ3n) is 3.69. The molecule has 0 aliphatic carbocycles. The predicted molar refractivity (Wildman–Crippen MR) is 64.1 cm³/mol. The van der Waals surface area contributed by atoms with Crippen molar-refractivity contribution in [2.24, 2.45) is 5.92 Å². The maximum absolute atomic E-state index is 12.2. The number of nitrogens with zero attached hydrogens (tertiary/aromatic N) is 2. The minimum atomic E-state index is -0.800. The van der Waals surface area contributed by atoms with Gasteiger partial charge in [-0.05, 0) is 25.2 Å². The number of β-amino-alcohol motifs (C(OH)–C–C–N with tert-alkyl or cyclic N) is 1. The van der Waals surface area contributed by atoms with Gasteiger partial charge in [-0.3, -0.25) is 4.79 Å². The number of hydrogen-bond donors (Lipinski definition) is 2. The molecule has 2 rings (SSSR count). The highest BCUT2D eigenvalue weighted by Crippen LogP contribution is 2.22. The van der Waals surface area contributed by atoms with Crippen molar-refractivity contribution in [1.82, 2.24) is 9.80 Å². The molecule has 2 fully saturated rings. The van der Waals surface area contributed by atoms with Crippen molar-refractivity contribution in [3.63, 3.8) is 0 Å². The fourth-order valence-electron chi connectivity index (χ4n) is 2.77. The van der Waals surface area contributed by atoms with Gasteiger partial charge in [0.15, 0.2) is 0 Å². The summed E-state index contributed by atoms with van der Waals surface area (Å²) in [4.78, 5) is 26.3. The van der Waals surface area contributed by atoms with E-state index in [1.807, 2.05) is 0 Å². The number of aliphatic hydroxyl groups is 1. The number of carbonyl (C=O) groups excluding carboxylic acids is 1. The first kappa shape index (κ1) is 13.1. The number of carboxylic acids is 1. The van der Waals surface area contributed by atoms with E-state index in [1.165, 1.54) is 0 Å². The van der Waals surface area contributed by atoms with Crippen LogP contribution in [0.5, 0.6) is 0 Å². The molecule has 0 spiro atoms. The maximum Gasteiger partial charge on any atom is 0.320 e. The van der Waals surface area contributed by atoms with Crippen LogP contribution in [0.4, 0.5) is 4.79 Å². The van der Waals surface area contributed by atoms with E-state index < -0.39 is 12.1 Å². The summed E-state index contributed by atoms with van der Waals surface area (Å²) in [5.74, 6) is -0.737. The summed E-state index contributed by atoms with van der Waals surface area (Å²) in [5.41, 5.74) is 0. The lowest BCUT2D eigenvalue weighted by Crippen LogP contribution is -2.47. The van der Waals surface area contributed by atoms with Crippen molar-refractivity contribution < 1.29 is 19.8 Å². The Balaban J connectivity index is 1.88. The van der Waals surface area contributed by atoms with Gasteiger partial charge in [0.25, 0.3) is 0 Å². The summed E-state index contributed by atoms with van der Waals surface area (Å²) < 4.78 is 0. The minimum absolute atomic E-state index is 0.0540. The molecule has 0 aromatic heterocycles. The Bertz CT molecular complexity index is 334. The third-order valence-corrected chi connectivity index (χ3v) is 3.69. The molecule has 2 aliphatic rings. The molecule has 2 aliphatic heterocycles. The van der Waals surface area contributed by atoms with E-state index in [2.05, 4.69) is 0 Å². The van der Waals surface area contributed by atoms with Gasteiger partial charge in [-0.25, -0.2) is 4.79 Å². The second-order valence-corrected chi connectivity index (χ2v) is 5.22. The molecule has 2 amide bonds. The van der Waals surface area contributed by atoms with Crippen LogP contribution >= 0.6 is 0 Å². The second-order valence-electron chi connectivity index (χ2n) is 5.22. The first-order chi connectivity index (χ1) is 8.56. The smallest absolute Gasteiger partial charge is 0.320 e. The maximum atomic E-state index is 12.2. The molecule has 2 N–H and O–H groups in total. The standard InChI is InChI=1S/C12H20N2O4/c15-10-3-5-14(8-10)12(18)13-4-1-2-9(7-13)6-11(16)17/h9-10,15H,1-8H2,(H,16,17). The summed E-state index contributed by atoms with van der Waals surface area (Å²) in [6.45, 7) is 2.22. The average molecular weight is 256 g/mol. The number of carbonyl (C=O) groups is 2. The molecule has 0 saturated carbocycles. The van der Waals surface area contributed by atoms with Gasteiger partial charge in [0.05, 0.1) is 6.10 Å². The van der Waals surface area contributed by atoms with Gasteiger partial charge in [0.1, 0.15) is 0 Å². The predicted octanol–water partition coefficient (Wildman–Crippen LogP) is 0.360. The summed E-state index contributed by atoms with van der Waals surface area (Å²) in [6.07, 6.45) is 2.09. The molecule has 0 radical (unpaired) electrons. The number of amides is 2. The Kier molecular flexibility index (Phi) is 4.06. The largest absolute Gasteiger partial charge is 0.481 e. The van der Waals surface area contributed by atoms with Crippen molar-refractivity contribution in [3.8, 4) is 0 Å². The Morgan fingerprint density at radius 2 is 1.83 bits per heavy atom. The van der Waals surface area contributed by atoms with Crippen molar-refractivity contribution in [2.75, 3.05) is 26.2 Å². The van der Waals surface area contributed by atoms with Gasteiger partial charge in [0.2, 0.25) is 0 Å². The highest BCUT2D eigenvalue weighted by atomic mass is 16.4. The summed E-state index contributed by atoms with van der Waals surface area (Å²) >= 11 is 0. The fraction of sp³-hybridized carbons (Fsp3) is 0.833. The first-order valence-corrected chi connectivity index (χ1v) is 6.50. The molecule has 0 aromatic rings. The summed E-state index contributed by atoms with van der Waals surface area (Å²) in [5, 5.41) is 18.2. The molecule has 2 saturated heterocycles. The zero-order chi connectivity index (χ0) is 13.1. The van der Waals surface area contributed by atoms with Gasteiger partial charge >= 0.3 is 12.0 Å². The van der Waals surface area contributed by atoms with E-state index in [-0.39, 0.29) is 18.4 Å². The molecule has 2 atom stereocenters. The van der Waals surface area contributed by atoms with E-state index in [1.54, 1.807) is 9.80 Å². The fourth-order valence-corrected chi connectivity index (χ4v) is 2.77. The highest BCUT2D eigenvalue weighted by Gasteiger charge is 2.31. The summed E-state index contributed by atoms with van der Waals surface area (Å²) in [7, 11) is 0. The van der Waals surface area contributed by atoms with Gasteiger partial charge in [-0.1, -0.05) is 0 Å². The Morgan fingerprint density at radius 3 is 2.44 bits per heavy atom. The molecule has 102 valence electrons. The molecule has 2 heterocycles. The number of urea groups is 1. The molecule has 18 heavy (non-hydrogen) atoms. The lowest BCUT2D eigenvalue weighted by Gasteiger charge is -2.34. The highest BCUT2D eigenvalue weighted by molar-refractivity contribution is 5.75. The third kappa shape index (κ3) is 3.13. The Labute approximate surface area is 106 Å². The van der Waals surface area contributed by atoms with Crippen LogP contribution in [0, 0.1) is 5.92 Å². The van der Waals surface area contributed by atoms with Gasteiger partial charge in [-0.15, -0.1) is 0 Å². The van der Waals surface area contributed by atoms with E-state index in [0.29, 0.717) is 32.6 Å². The molecule has 2 unspecified atom stereocenters. The van der Waals surface area contributed by atoms with Gasteiger partial charge in [0, 0.05) is 32.6 Å². The number of aliphatic hydroxyl groups excluding tert-OH is 1. The zero-order valence-corrected chi connectivity index (χ0v) is 10.4. The lowest BCUT2D eigenvalue weighted by atomic mass is 9.95. The quantitative estimate of drug-likeness (QED) is 0.747. The zero-order valence-electron chi connectivity index (χ0n) is 10.4. The van der Waals surface area contributed by atoms with E-state index in [4.69, 9.17) is 5.11 Å². The second kappa shape index (κ2) is 5.56.